The molecule has 1 heterocycles. The number of aryl methyl sites for hydroxylation is 1. The molecule has 6 heteroatoms. The van der Waals surface area contributed by atoms with Gasteiger partial charge in [-0.2, -0.15) is 0 Å². The van der Waals surface area contributed by atoms with Gasteiger partial charge < -0.3 is 19.8 Å². The van der Waals surface area contributed by atoms with Crippen LogP contribution in [0.3, 0.4) is 0 Å². The van der Waals surface area contributed by atoms with E-state index in [1.165, 1.54) is 0 Å². The van der Waals surface area contributed by atoms with Gasteiger partial charge in [0, 0.05) is 18.7 Å². The topological polar surface area (TPSA) is 46.4 Å². The van der Waals surface area contributed by atoms with E-state index in [1.54, 1.807) is 25.5 Å². The highest BCUT2D eigenvalue weighted by molar-refractivity contribution is 7.80. The summed E-state index contributed by atoms with van der Waals surface area (Å²) in [5.74, 6) is 1.62. The summed E-state index contributed by atoms with van der Waals surface area (Å²) in [4.78, 5) is 0. The van der Waals surface area contributed by atoms with Crippen LogP contribution in [0.4, 0.5) is 5.69 Å². The number of methoxy groups -OCH3 is 1. The molecule has 0 spiro atoms. The molecule has 0 fully saturated rings. The molecule has 0 saturated heterocycles. The number of thiocarbonyl (C=S) groups is 1. The molecule has 0 bridgehead atoms. The maximum Gasteiger partial charge on any atom is 0.170 e. The molecule has 21 heavy (non-hydrogen) atoms. The van der Waals surface area contributed by atoms with E-state index in [2.05, 4.69) is 10.6 Å². The largest absolute Gasteiger partial charge is 0.495 e. The summed E-state index contributed by atoms with van der Waals surface area (Å²) in [7, 11) is 1.58. The molecule has 0 saturated carbocycles. The minimum absolute atomic E-state index is 0.545. The molecule has 1 aromatic carbocycles. The van der Waals surface area contributed by atoms with Gasteiger partial charge in [0.15, 0.2) is 5.11 Å². The van der Waals surface area contributed by atoms with Crippen LogP contribution in [0.2, 0.25) is 5.02 Å². The van der Waals surface area contributed by atoms with Crippen molar-refractivity contribution in [2.24, 2.45) is 0 Å². The molecular formula is C15H17ClN2O2S. The van der Waals surface area contributed by atoms with E-state index < -0.39 is 0 Å². The number of ether oxygens (including phenoxy) is 1. The van der Waals surface area contributed by atoms with Crippen LogP contribution >= 0.6 is 23.8 Å². The van der Waals surface area contributed by atoms with Crippen molar-refractivity contribution < 1.29 is 9.15 Å². The first-order valence-corrected chi connectivity index (χ1v) is 7.38. The van der Waals surface area contributed by atoms with Gasteiger partial charge in [-0.25, -0.2) is 0 Å². The van der Waals surface area contributed by atoms with Gasteiger partial charge in [0.2, 0.25) is 0 Å². The molecule has 0 radical (unpaired) electrons. The molecule has 0 aliphatic carbocycles. The van der Waals surface area contributed by atoms with Gasteiger partial charge in [0.25, 0.3) is 0 Å². The van der Waals surface area contributed by atoms with Crippen molar-refractivity contribution in [2.75, 3.05) is 19.0 Å². The monoisotopic (exact) mass is 324 g/mol. The average Bonchev–Trinajstić information content (AvgIpc) is 2.97. The van der Waals surface area contributed by atoms with Gasteiger partial charge in [0.1, 0.15) is 11.5 Å². The van der Waals surface area contributed by atoms with Crippen LogP contribution in [-0.4, -0.2) is 18.8 Å². The van der Waals surface area contributed by atoms with Crippen molar-refractivity contribution in [1.82, 2.24) is 5.32 Å². The van der Waals surface area contributed by atoms with E-state index in [1.807, 2.05) is 18.2 Å². The Morgan fingerprint density at radius 1 is 1.38 bits per heavy atom. The number of anilines is 1. The van der Waals surface area contributed by atoms with E-state index in [9.17, 15) is 0 Å². The highest BCUT2D eigenvalue weighted by Crippen LogP contribution is 2.27. The Labute approximate surface area is 134 Å². The lowest BCUT2D eigenvalue weighted by molar-refractivity contribution is 0.415. The second kappa shape index (κ2) is 7.90. The van der Waals surface area contributed by atoms with Crippen LogP contribution in [0.15, 0.2) is 41.0 Å². The summed E-state index contributed by atoms with van der Waals surface area (Å²) < 4.78 is 10.4. The predicted molar refractivity (Wildman–Crippen MR) is 89.3 cm³/mol. The molecule has 112 valence electrons. The number of benzene rings is 1. The molecule has 1 aromatic heterocycles. The molecular weight excluding hydrogens is 308 g/mol. The summed E-state index contributed by atoms with van der Waals surface area (Å²) in [5.41, 5.74) is 0.823. The normalized spacial score (nSPS) is 10.2. The quantitative estimate of drug-likeness (QED) is 0.624. The van der Waals surface area contributed by atoms with E-state index in [-0.39, 0.29) is 0 Å². The van der Waals surface area contributed by atoms with Crippen LogP contribution in [0, 0.1) is 0 Å². The van der Waals surface area contributed by atoms with Crippen LogP contribution in [-0.2, 0) is 6.42 Å². The Morgan fingerprint density at radius 3 is 2.90 bits per heavy atom. The minimum Gasteiger partial charge on any atom is -0.495 e. The van der Waals surface area contributed by atoms with Crippen LogP contribution in [0.25, 0.3) is 0 Å². The molecule has 0 unspecified atom stereocenters. The van der Waals surface area contributed by atoms with Crippen molar-refractivity contribution >= 4 is 34.6 Å². The van der Waals surface area contributed by atoms with Crippen molar-refractivity contribution in [3.63, 3.8) is 0 Å². The van der Waals surface area contributed by atoms with Gasteiger partial charge in [-0.1, -0.05) is 11.6 Å². The van der Waals surface area contributed by atoms with E-state index in [0.29, 0.717) is 15.9 Å². The highest BCUT2D eigenvalue weighted by atomic mass is 35.5. The average molecular weight is 325 g/mol. The van der Waals surface area contributed by atoms with Gasteiger partial charge in [-0.15, -0.1) is 0 Å². The third kappa shape index (κ3) is 4.95. The number of nitrogens with one attached hydrogen (secondary N) is 2. The zero-order chi connectivity index (χ0) is 15.1. The van der Waals surface area contributed by atoms with Crippen molar-refractivity contribution in [1.29, 1.82) is 0 Å². The second-order valence-electron chi connectivity index (χ2n) is 4.41. The number of hydrogen-bond donors (Lipinski definition) is 2. The first-order valence-electron chi connectivity index (χ1n) is 6.60. The third-order valence-electron chi connectivity index (χ3n) is 2.88. The number of rotatable bonds is 6. The SMILES string of the molecule is COc1ccc(NC(=S)NCCCc2ccco2)cc1Cl. The van der Waals surface area contributed by atoms with E-state index in [0.717, 1.165) is 30.8 Å². The van der Waals surface area contributed by atoms with E-state index in [4.69, 9.17) is 33.0 Å². The summed E-state index contributed by atoms with van der Waals surface area (Å²) in [6.45, 7) is 0.774. The van der Waals surface area contributed by atoms with Gasteiger partial charge >= 0.3 is 0 Å². The van der Waals surface area contributed by atoms with Crippen LogP contribution in [0.1, 0.15) is 12.2 Å². The fraction of sp³-hybridized carbons (Fsp3) is 0.267. The number of hydrogen-bond acceptors (Lipinski definition) is 3. The van der Waals surface area contributed by atoms with E-state index >= 15 is 0 Å². The highest BCUT2D eigenvalue weighted by Gasteiger charge is 2.03. The maximum atomic E-state index is 6.06. The predicted octanol–water partition coefficient (Wildman–Crippen LogP) is 3.86. The van der Waals surface area contributed by atoms with Crippen LogP contribution in [0.5, 0.6) is 5.75 Å². The van der Waals surface area contributed by atoms with Gasteiger partial charge in [0.05, 0.1) is 18.4 Å². The summed E-state index contributed by atoms with van der Waals surface area (Å²) in [6, 6.07) is 9.29. The first kappa shape index (κ1) is 15.7. The number of halogens is 1. The smallest absolute Gasteiger partial charge is 0.170 e. The lowest BCUT2D eigenvalue weighted by Crippen LogP contribution is -2.29. The molecule has 0 aliphatic heterocycles. The lowest BCUT2D eigenvalue weighted by Gasteiger charge is -2.11. The molecule has 0 amide bonds. The standard InChI is InChI=1S/C15H17ClN2O2S/c1-19-14-7-6-11(10-13(14)16)18-15(21)17-8-2-4-12-5-3-9-20-12/h3,5-7,9-10H,2,4,8H2,1H3,(H2,17,18,21). The van der Waals surface area contributed by atoms with Gasteiger partial charge in [-0.3, -0.25) is 0 Å². The molecule has 2 rings (SSSR count). The second-order valence-corrected chi connectivity index (χ2v) is 5.23. The fourth-order valence-electron chi connectivity index (χ4n) is 1.84. The third-order valence-corrected chi connectivity index (χ3v) is 3.42. The Kier molecular flexibility index (Phi) is 5.90. The molecule has 0 aliphatic rings. The number of furan rings is 1. The maximum absolute atomic E-state index is 6.06. The molecule has 4 nitrogen and oxygen atoms in total. The fourth-order valence-corrected chi connectivity index (χ4v) is 2.32. The lowest BCUT2D eigenvalue weighted by atomic mass is 10.2. The Bertz CT molecular complexity index is 587. The minimum atomic E-state index is 0.545. The Hall–Kier alpha value is -1.72. The summed E-state index contributed by atoms with van der Waals surface area (Å²) in [5, 5.41) is 7.34. The Morgan fingerprint density at radius 2 is 2.24 bits per heavy atom. The molecule has 2 aromatic rings. The van der Waals surface area contributed by atoms with Crippen LogP contribution < -0.4 is 15.4 Å². The zero-order valence-electron chi connectivity index (χ0n) is 11.7. The van der Waals surface area contributed by atoms with Gasteiger partial charge in [-0.05, 0) is 49.0 Å². The van der Waals surface area contributed by atoms with Crippen molar-refractivity contribution in [3.05, 3.63) is 47.4 Å². The summed E-state index contributed by atoms with van der Waals surface area (Å²) >= 11 is 11.3. The summed E-state index contributed by atoms with van der Waals surface area (Å²) in [6.07, 6.45) is 3.51. The van der Waals surface area contributed by atoms with Crippen molar-refractivity contribution in [3.8, 4) is 5.75 Å². The first-order chi connectivity index (χ1) is 10.2. The molecule has 0 atom stereocenters. The van der Waals surface area contributed by atoms with Crippen molar-refractivity contribution in [2.45, 2.75) is 12.8 Å². The molecule has 2 N–H and O–H groups in total. The zero-order valence-corrected chi connectivity index (χ0v) is 13.3. The Balaban J connectivity index is 1.72.